The van der Waals surface area contributed by atoms with Gasteiger partial charge in [0.25, 0.3) is 0 Å². The summed E-state index contributed by atoms with van der Waals surface area (Å²) >= 11 is 0. The van der Waals surface area contributed by atoms with E-state index < -0.39 is 0 Å². The van der Waals surface area contributed by atoms with Crippen LogP contribution in [0.4, 0.5) is 0 Å². The second kappa shape index (κ2) is 4.94. The van der Waals surface area contributed by atoms with Crippen molar-refractivity contribution in [3.63, 3.8) is 0 Å². The number of ketones is 1. The minimum absolute atomic E-state index is 0.0616. The molecule has 0 aliphatic heterocycles. The fourth-order valence-electron chi connectivity index (χ4n) is 4.05. The Bertz CT molecular complexity index is 798. The highest BCUT2D eigenvalue weighted by Crippen LogP contribution is 2.45. The average molecular weight is 292 g/mol. The van der Waals surface area contributed by atoms with Crippen LogP contribution in [-0.4, -0.2) is 16.0 Å². The summed E-state index contributed by atoms with van der Waals surface area (Å²) in [4.78, 5) is 12.7. The van der Waals surface area contributed by atoms with Gasteiger partial charge < -0.3 is 0 Å². The number of aromatic amines is 1. The van der Waals surface area contributed by atoms with Crippen LogP contribution in [0.1, 0.15) is 53.3 Å². The van der Waals surface area contributed by atoms with E-state index >= 15 is 0 Å². The molecule has 1 unspecified atom stereocenters. The van der Waals surface area contributed by atoms with Crippen LogP contribution in [0.5, 0.6) is 0 Å². The van der Waals surface area contributed by atoms with Gasteiger partial charge in [0.1, 0.15) is 0 Å². The van der Waals surface area contributed by atoms with E-state index in [-0.39, 0.29) is 5.92 Å². The largest absolute Gasteiger partial charge is 0.295 e. The second-order valence-electron chi connectivity index (χ2n) is 6.47. The molecule has 0 saturated carbocycles. The van der Waals surface area contributed by atoms with Gasteiger partial charge in [-0.2, -0.15) is 5.10 Å². The van der Waals surface area contributed by atoms with Crippen molar-refractivity contribution in [2.45, 2.75) is 45.4 Å². The number of carbonyl (C=O) groups is 1. The van der Waals surface area contributed by atoms with Crippen molar-refractivity contribution < 1.29 is 4.79 Å². The van der Waals surface area contributed by atoms with Crippen LogP contribution < -0.4 is 0 Å². The molecule has 3 nitrogen and oxygen atoms in total. The predicted octanol–water partition coefficient (Wildman–Crippen LogP) is 3.76. The van der Waals surface area contributed by atoms with E-state index in [0.29, 0.717) is 12.2 Å². The fourth-order valence-corrected chi connectivity index (χ4v) is 4.05. The molecule has 3 heteroatoms. The van der Waals surface area contributed by atoms with Crippen LogP contribution in [0.15, 0.2) is 35.4 Å². The van der Waals surface area contributed by atoms with Crippen LogP contribution in [0.25, 0.3) is 0 Å². The molecule has 0 fully saturated rings. The number of fused-ring (bicyclic) bond motifs is 1. The van der Waals surface area contributed by atoms with Gasteiger partial charge in [-0.05, 0) is 37.8 Å². The third-order valence-electron chi connectivity index (χ3n) is 5.09. The third kappa shape index (κ3) is 1.88. The zero-order valence-corrected chi connectivity index (χ0v) is 13.1. The standard InChI is InChI=1S/C19H20N2O/c1-11-6-3-4-8-14(11)19-17-12(2)20-21-15(17)10-13-7-5-9-16(22)18(13)19/h3-4,6,8,19H,5,7,9-10H2,1-2H3,(H,20,21). The number of nitrogens with one attached hydrogen (secondary N) is 1. The van der Waals surface area contributed by atoms with Gasteiger partial charge in [-0.25, -0.2) is 0 Å². The molecular weight excluding hydrogens is 272 g/mol. The molecule has 2 aliphatic carbocycles. The summed E-state index contributed by atoms with van der Waals surface area (Å²) in [7, 11) is 0. The number of aromatic nitrogens is 2. The number of aryl methyl sites for hydroxylation is 2. The quantitative estimate of drug-likeness (QED) is 0.869. The first-order chi connectivity index (χ1) is 10.7. The van der Waals surface area contributed by atoms with E-state index in [9.17, 15) is 4.79 Å². The van der Waals surface area contributed by atoms with Crippen molar-refractivity contribution in [1.82, 2.24) is 10.2 Å². The average Bonchev–Trinajstić information content (AvgIpc) is 2.88. The Labute approximate surface area is 130 Å². The van der Waals surface area contributed by atoms with Crippen LogP contribution in [-0.2, 0) is 11.2 Å². The molecule has 112 valence electrons. The molecule has 0 bridgehead atoms. The summed E-state index contributed by atoms with van der Waals surface area (Å²) < 4.78 is 0. The van der Waals surface area contributed by atoms with Gasteiger partial charge in [-0.1, -0.05) is 29.8 Å². The highest BCUT2D eigenvalue weighted by Gasteiger charge is 2.37. The van der Waals surface area contributed by atoms with Crippen molar-refractivity contribution in [2.24, 2.45) is 0 Å². The minimum atomic E-state index is 0.0616. The lowest BCUT2D eigenvalue weighted by molar-refractivity contribution is -0.116. The van der Waals surface area contributed by atoms with Crippen molar-refractivity contribution in [3.05, 3.63) is 63.5 Å². The summed E-state index contributed by atoms with van der Waals surface area (Å²) in [5.41, 5.74) is 8.29. The molecule has 2 aromatic rings. The summed E-state index contributed by atoms with van der Waals surface area (Å²) in [6, 6.07) is 8.42. The van der Waals surface area contributed by atoms with Gasteiger partial charge in [-0.3, -0.25) is 9.89 Å². The Morgan fingerprint density at radius 3 is 2.82 bits per heavy atom. The van der Waals surface area contributed by atoms with Gasteiger partial charge >= 0.3 is 0 Å². The van der Waals surface area contributed by atoms with Gasteiger partial charge in [0.2, 0.25) is 0 Å². The molecule has 1 N–H and O–H groups in total. The fraction of sp³-hybridized carbons (Fsp3) is 0.368. The molecule has 0 amide bonds. The molecule has 0 spiro atoms. The predicted molar refractivity (Wildman–Crippen MR) is 85.9 cm³/mol. The molecule has 1 aromatic carbocycles. The first-order valence-corrected chi connectivity index (χ1v) is 8.01. The first-order valence-electron chi connectivity index (χ1n) is 8.01. The van der Waals surface area contributed by atoms with E-state index in [1.807, 2.05) is 0 Å². The molecule has 1 atom stereocenters. The zero-order chi connectivity index (χ0) is 15.3. The van der Waals surface area contributed by atoms with Crippen LogP contribution >= 0.6 is 0 Å². The van der Waals surface area contributed by atoms with Gasteiger partial charge in [0.15, 0.2) is 5.78 Å². The third-order valence-corrected chi connectivity index (χ3v) is 5.09. The minimum Gasteiger partial charge on any atom is -0.295 e. The van der Waals surface area contributed by atoms with Crippen LogP contribution in [0, 0.1) is 13.8 Å². The van der Waals surface area contributed by atoms with Gasteiger partial charge in [0, 0.05) is 35.6 Å². The monoisotopic (exact) mass is 292 g/mol. The van der Waals surface area contributed by atoms with Crippen molar-refractivity contribution in [2.75, 3.05) is 0 Å². The molecule has 22 heavy (non-hydrogen) atoms. The zero-order valence-electron chi connectivity index (χ0n) is 13.1. The van der Waals surface area contributed by atoms with E-state index in [1.54, 1.807) is 0 Å². The summed E-state index contributed by atoms with van der Waals surface area (Å²) in [5, 5.41) is 7.64. The number of hydrogen-bond donors (Lipinski definition) is 1. The van der Waals surface area contributed by atoms with Gasteiger partial charge in [0.05, 0.1) is 5.69 Å². The summed E-state index contributed by atoms with van der Waals surface area (Å²) in [5.74, 6) is 0.396. The molecular formula is C19H20N2O. The van der Waals surface area contributed by atoms with E-state index in [0.717, 1.165) is 36.2 Å². The number of hydrogen-bond acceptors (Lipinski definition) is 2. The number of carbonyl (C=O) groups excluding carboxylic acids is 1. The molecule has 1 heterocycles. The Hall–Kier alpha value is -2.16. The number of rotatable bonds is 1. The van der Waals surface area contributed by atoms with Crippen molar-refractivity contribution >= 4 is 5.78 Å². The summed E-state index contributed by atoms with van der Waals surface area (Å²) in [6.45, 7) is 4.20. The molecule has 2 aliphatic rings. The van der Waals surface area contributed by atoms with Gasteiger partial charge in [-0.15, -0.1) is 0 Å². The molecule has 1 aromatic heterocycles. The number of Topliss-reactive ketones (excluding diaryl/α,β-unsaturated/α-hetero) is 1. The smallest absolute Gasteiger partial charge is 0.159 e. The maximum Gasteiger partial charge on any atom is 0.159 e. The molecule has 0 saturated heterocycles. The van der Waals surface area contributed by atoms with E-state index in [4.69, 9.17) is 0 Å². The Balaban J connectivity index is 1.99. The maximum atomic E-state index is 12.7. The maximum absolute atomic E-state index is 12.7. The van der Waals surface area contributed by atoms with E-state index in [2.05, 4.69) is 48.3 Å². The lowest BCUT2D eigenvalue weighted by Crippen LogP contribution is -2.25. The number of benzene rings is 1. The number of allylic oxidation sites excluding steroid dienone is 2. The SMILES string of the molecule is Cc1ccccc1C1C2=C(CCCC2=O)Cc2n[nH]c(C)c21. The highest BCUT2D eigenvalue weighted by atomic mass is 16.1. The van der Waals surface area contributed by atoms with Crippen LogP contribution in [0.2, 0.25) is 0 Å². The van der Waals surface area contributed by atoms with Crippen molar-refractivity contribution in [3.8, 4) is 0 Å². The number of nitrogens with zero attached hydrogens (tertiary/aromatic N) is 1. The summed E-state index contributed by atoms with van der Waals surface area (Å²) in [6.07, 6.45) is 3.54. The first kappa shape index (κ1) is 13.5. The lowest BCUT2D eigenvalue weighted by atomic mass is 9.70. The number of H-pyrrole nitrogens is 1. The molecule has 0 radical (unpaired) electrons. The topological polar surface area (TPSA) is 45.8 Å². The highest BCUT2D eigenvalue weighted by molar-refractivity contribution is 6.00. The van der Waals surface area contributed by atoms with Crippen molar-refractivity contribution in [1.29, 1.82) is 0 Å². The molecule has 4 rings (SSSR count). The second-order valence-corrected chi connectivity index (χ2v) is 6.47. The van der Waals surface area contributed by atoms with Crippen LogP contribution in [0.3, 0.4) is 0 Å². The normalized spacial score (nSPS) is 20.8. The lowest BCUT2D eigenvalue weighted by Gasteiger charge is -2.32. The Morgan fingerprint density at radius 1 is 1.18 bits per heavy atom. The Kier molecular flexibility index (Phi) is 3.03. The Morgan fingerprint density at radius 2 is 2.00 bits per heavy atom. The van der Waals surface area contributed by atoms with E-state index in [1.165, 1.54) is 22.3 Å².